The lowest BCUT2D eigenvalue weighted by atomic mass is 9.97. The molecule has 0 saturated carbocycles. The second-order valence-corrected chi connectivity index (χ2v) is 9.29. The molecule has 178 valence electrons. The Balaban J connectivity index is 1.22. The van der Waals surface area contributed by atoms with Gasteiger partial charge in [0, 0.05) is 43.5 Å². The summed E-state index contributed by atoms with van der Waals surface area (Å²) in [5, 5.41) is 20.3. The van der Waals surface area contributed by atoms with Crippen LogP contribution in [0.1, 0.15) is 30.9 Å². The lowest BCUT2D eigenvalue weighted by molar-refractivity contribution is 0.106. The van der Waals surface area contributed by atoms with E-state index in [2.05, 4.69) is 57.0 Å². The minimum Gasteiger partial charge on any atom is -0.508 e. The summed E-state index contributed by atoms with van der Waals surface area (Å²) in [6, 6.07) is 19.2. The summed E-state index contributed by atoms with van der Waals surface area (Å²) in [4.78, 5) is 11.8. The van der Waals surface area contributed by atoms with Gasteiger partial charge in [0.1, 0.15) is 5.75 Å². The number of rotatable bonds is 9. The van der Waals surface area contributed by atoms with Crippen LogP contribution in [0.5, 0.6) is 5.75 Å². The predicted molar refractivity (Wildman–Crippen MR) is 136 cm³/mol. The van der Waals surface area contributed by atoms with Gasteiger partial charge in [0.25, 0.3) is 0 Å². The summed E-state index contributed by atoms with van der Waals surface area (Å²) in [6.07, 6.45) is 5.42. The maximum Gasteiger partial charge on any atom is 0.223 e. The van der Waals surface area contributed by atoms with Gasteiger partial charge >= 0.3 is 0 Å². The van der Waals surface area contributed by atoms with Crippen LogP contribution >= 0.6 is 0 Å². The fourth-order valence-corrected chi connectivity index (χ4v) is 5.26. The maximum atomic E-state index is 9.63. The number of nitrogens with zero attached hydrogens (tertiary/aromatic N) is 3. The molecule has 2 aliphatic rings. The molecule has 2 aliphatic heterocycles. The summed E-state index contributed by atoms with van der Waals surface area (Å²) >= 11 is 0. The quantitative estimate of drug-likeness (QED) is 0.391. The molecule has 2 bridgehead atoms. The topological polar surface area (TPSA) is 85.3 Å². The summed E-state index contributed by atoms with van der Waals surface area (Å²) in [6.45, 7) is 5.96. The van der Waals surface area contributed by atoms with Crippen molar-refractivity contribution in [1.82, 2.24) is 25.5 Å². The van der Waals surface area contributed by atoms with Crippen molar-refractivity contribution < 1.29 is 5.11 Å². The number of aromatic nitrogens is 2. The van der Waals surface area contributed by atoms with E-state index in [4.69, 9.17) is 4.98 Å². The first-order chi connectivity index (χ1) is 16.7. The van der Waals surface area contributed by atoms with Crippen molar-refractivity contribution in [3.05, 3.63) is 71.9 Å². The third kappa shape index (κ3) is 5.38. The van der Waals surface area contributed by atoms with Gasteiger partial charge in [0.15, 0.2) is 0 Å². The van der Waals surface area contributed by atoms with Gasteiger partial charge in [-0.3, -0.25) is 4.90 Å². The van der Waals surface area contributed by atoms with Crippen molar-refractivity contribution in [2.24, 2.45) is 0 Å². The Bertz CT molecular complexity index is 1090. The molecular formula is C27H34N6O. The molecule has 1 aromatic heterocycles. The Labute approximate surface area is 201 Å². The molecule has 3 heterocycles. The van der Waals surface area contributed by atoms with E-state index in [1.165, 1.54) is 12.0 Å². The molecule has 0 aliphatic carbocycles. The number of hydrogen-bond acceptors (Lipinski definition) is 7. The van der Waals surface area contributed by atoms with Crippen LogP contribution in [0.2, 0.25) is 0 Å². The fraction of sp³-hybridized carbons (Fsp3) is 0.407. The highest BCUT2D eigenvalue weighted by molar-refractivity contribution is 5.61. The number of piperidine rings is 1. The van der Waals surface area contributed by atoms with Crippen LogP contribution < -0.4 is 16.0 Å². The molecule has 0 radical (unpaired) electrons. The molecule has 7 heteroatoms. The summed E-state index contributed by atoms with van der Waals surface area (Å²) in [5.74, 6) is 0.914. The van der Waals surface area contributed by atoms with E-state index in [0.717, 1.165) is 49.3 Å². The highest BCUT2D eigenvalue weighted by Crippen LogP contribution is 2.29. The summed E-state index contributed by atoms with van der Waals surface area (Å²) < 4.78 is 0. The molecular weight excluding hydrogens is 424 g/mol. The monoisotopic (exact) mass is 458 g/mol. The molecule has 3 aromatic rings. The number of hydrogen-bond donors (Lipinski definition) is 4. The fourth-order valence-electron chi connectivity index (χ4n) is 5.26. The maximum absolute atomic E-state index is 9.63. The minimum atomic E-state index is 0.293. The zero-order chi connectivity index (χ0) is 23.3. The Morgan fingerprint density at radius 2 is 1.97 bits per heavy atom. The molecule has 3 atom stereocenters. The first kappa shape index (κ1) is 22.8. The highest BCUT2D eigenvalue weighted by Gasteiger charge is 2.40. The van der Waals surface area contributed by atoms with Crippen molar-refractivity contribution in [2.75, 3.05) is 25.0 Å². The normalized spacial score (nSPS) is 22.1. The molecule has 2 fully saturated rings. The SMILES string of the molecule is CCNC1CC2CNC(C1)N2Cc1cccc(-c2ccnc(NCCc3cccc(O)c3)n2)c1. The van der Waals surface area contributed by atoms with E-state index in [1.807, 2.05) is 18.2 Å². The average Bonchev–Trinajstić information content (AvgIpc) is 3.07. The van der Waals surface area contributed by atoms with Gasteiger partial charge in [-0.05, 0) is 61.2 Å². The van der Waals surface area contributed by atoms with Crippen molar-refractivity contribution >= 4 is 5.95 Å². The standard InChI is InChI=1S/C27H34N6O/c1-2-28-22-15-23-17-31-26(16-22)33(23)18-20-6-3-7-21(13-20)25-10-12-30-27(32-25)29-11-9-19-5-4-8-24(34)14-19/h3-8,10,12-14,22-23,26,28,31,34H,2,9,11,15-18H2,1H3,(H,29,30,32). The molecule has 0 amide bonds. The molecule has 0 spiro atoms. The van der Waals surface area contributed by atoms with E-state index in [-0.39, 0.29) is 0 Å². The third-order valence-electron chi connectivity index (χ3n) is 6.87. The van der Waals surface area contributed by atoms with Crippen LogP contribution in [0.3, 0.4) is 0 Å². The van der Waals surface area contributed by atoms with Crippen molar-refractivity contribution in [3.63, 3.8) is 0 Å². The van der Waals surface area contributed by atoms with Crippen LogP contribution in [0, 0.1) is 0 Å². The van der Waals surface area contributed by atoms with Crippen molar-refractivity contribution in [2.45, 2.75) is 51.0 Å². The zero-order valence-electron chi connectivity index (χ0n) is 19.7. The van der Waals surface area contributed by atoms with Gasteiger partial charge in [-0.15, -0.1) is 0 Å². The molecule has 2 aromatic carbocycles. The zero-order valence-corrected chi connectivity index (χ0v) is 19.7. The lowest BCUT2D eigenvalue weighted by Crippen LogP contribution is -2.50. The third-order valence-corrected chi connectivity index (χ3v) is 6.87. The van der Waals surface area contributed by atoms with Crippen LogP contribution in [-0.2, 0) is 13.0 Å². The lowest BCUT2D eigenvalue weighted by Gasteiger charge is -2.38. The van der Waals surface area contributed by atoms with Gasteiger partial charge in [-0.1, -0.05) is 37.3 Å². The van der Waals surface area contributed by atoms with Gasteiger partial charge in [-0.25, -0.2) is 9.97 Å². The molecule has 3 unspecified atom stereocenters. The summed E-state index contributed by atoms with van der Waals surface area (Å²) in [5.41, 5.74) is 4.42. The second-order valence-electron chi connectivity index (χ2n) is 9.29. The van der Waals surface area contributed by atoms with Crippen LogP contribution in [0.25, 0.3) is 11.3 Å². The minimum absolute atomic E-state index is 0.293. The van der Waals surface area contributed by atoms with E-state index in [0.29, 0.717) is 36.5 Å². The Kier molecular flexibility index (Phi) is 7.04. The molecule has 34 heavy (non-hydrogen) atoms. The average molecular weight is 459 g/mol. The first-order valence-electron chi connectivity index (χ1n) is 12.3. The smallest absolute Gasteiger partial charge is 0.223 e. The van der Waals surface area contributed by atoms with Crippen molar-refractivity contribution in [3.8, 4) is 17.0 Å². The van der Waals surface area contributed by atoms with Crippen molar-refractivity contribution in [1.29, 1.82) is 0 Å². The van der Waals surface area contributed by atoms with Crippen LogP contribution in [0.4, 0.5) is 5.95 Å². The van der Waals surface area contributed by atoms with E-state index < -0.39 is 0 Å². The number of anilines is 1. The van der Waals surface area contributed by atoms with Gasteiger partial charge < -0.3 is 21.1 Å². The first-order valence-corrected chi connectivity index (χ1v) is 12.3. The molecule has 2 saturated heterocycles. The Morgan fingerprint density at radius 1 is 1.09 bits per heavy atom. The number of benzene rings is 2. The number of nitrogens with one attached hydrogen (secondary N) is 3. The Morgan fingerprint density at radius 3 is 2.82 bits per heavy atom. The van der Waals surface area contributed by atoms with Gasteiger partial charge in [-0.2, -0.15) is 0 Å². The largest absolute Gasteiger partial charge is 0.508 e. The Hall–Kier alpha value is -3.00. The molecule has 7 nitrogen and oxygen atoms in total. The number of phenols is 1. The summed E-state index contributed by atoms with van der Waals surface area (Å²) in [7, 11) is 0. The van der Waals surface area contributed by atoms with E-state index in [9.17, 15) is 5.11 Å². The predicted octanol–water partition coefficient (Wildman–Crippen LogP) is 3.38. The highest BCUT2D eigenvalue weighted by atomic mass is 16.3. The van der Waals surface area contributed by atoms with E-state index in [1.54, 1.807) is 18.3 Å². The number of fused-ring (bicyclic) bond motifs is 2. The van der Waals surface area contributed by atoms with E-state index >= 15 is 0 Å². The second kappa shape index (κ2) is 10.5. The molecule has 5 rings (SSSR count). The molecule has 4 N–H and O–H groups in total. The van der Waals surface area contributed by atoms with Gasteiger partial charge in [0.2, 0.25) is 5.95 Å². The number of aromatic hydroxyl groups is 1. The van der Waals surface area contributed by atoms with Crippen LogP contribution in [-0.4, -0.2) is 57.9 Å². The number of phenolic OH excluding ortho intramolecular Hbond substituents is 1. The van der Waals surface area contributed by atoms with Gasteiger partial charge in [0.05, 0.1) is 11.9 Å². The van der Waals surface area contributed by atoms with Crippen LogP contribution in [0.15, 0.2) is 60.8 Å².